The van der Waals surface area contributed by atoms with Crippen LogP contribution in [0.3, 0.4) is 0 Å². The van der Waals surface area contributed by atoms with Crippen molar-refractivity contribution in [3.05, 3.63) is 52.1 Å². The zero-order chi connectivity index (χ0) is 17.7. The Morgan fingerprint density at radius 3 is 2.67 bits per heavy atom. The Kier molecular flexibility index (Phi) is 6.00. The van der Waals surface area contributed by atoms with Crippen molar-refractivity contribution < 1.29 is 19.1 Å². The van der Waals surface area contributed by atoms with Crippen molar-refractivity contribution in [2.45, 2.75) is 13.0 Å². The maximum atomic E-state index is 12.1. The highest BCUT2D eigenvalue weighted by molar-refractivity contribution is 6.36. The van der Waals surface area contributed by atoms with Gasteiger partial charge >= 0.3 is 5.97 Å². The van der Waals surface area contributed by atoms with Crippen LogP contribution in [-0.2, 0) is 9.53 Å². The number of nitrogens with zero attached hydrogens (tertiary/aromatic N) is 1. The second-order valence-corrected chi connectivity index (χ2v) is 5.60. The fourth-order valence-corrected chi connectivity index (χ4v) is 2.18. The number of rotatable bonds is 5. The third-order valence-corrected chi connectivity index (χ3v) is 3.50. The monoisotopic (exact) mass is 368 g/mol. The molecule has 0 radical (unpaired) electrons. The van der Waals surface area contributed by atoms with Crippen LogP contribution >= 0.6 is 23.2 Å². The molecule has 1 N–H and O–H groups in total. The largest absolute Gasteiger partial charge is 0.497 e. The van der Waals surface area contributed by atoms with Gasteiger partial charge in [0.15, 0.2) is 11.9 Å². The molecule has 1 heterocycles. The van der Waals surface area contributed by atoms with E-state index < -0.39 is 18.0 Å². The van der Waals surface area contributed by atoms with Crippen LogP contribution in [-0.4, -0.2) is 30.1 Å². The van der Waals surface area contributed by atoms with Crippen LogP contribution in [0.5, 0.6) is 5.75 Å². The summed E-state index contributed by atoms with van der Waals surface area (Å²) in [6.45, 7) is 1.44. The molecule has 2 rings (SSSR count). The molecule has 1 aromatic carbocycles. The Hall–Kier alpha value is -2.31. The standard InChI is InChI=1S/C16H14Cl2N2O4/c1-9(15(21)20-14-13(18)7-11(17)8-19-14)24-16(22)10-4-3-5-12(6-10)23-2/h3-9H,1-2H3,(H,19,20,21)/t9-/m0/s1. The third-order valence-electron chi connectivity index (χ3n) is 3.01. The van der Waals surface area contributed by atoms with Gasteiger partial charge in [0.1, 0.15) is 5.75 Å². The van der Waals surface area contributed by atoms with Crippen LogP contribution < -0.4 is 10.1 Å². The quantitative estimate of drug-likeness (QED) is 0.816. The minimum Gasteiger partial charge on any atom is -0.497 e. The number of anilines is 1. The van der Waals surface area contributed by atoms with Gasteiger partial charge in [-0.3, -0.25) is 4.79 Å². The minimum atomic E-state index is -1.04. The molecule has 0 aliphatic heterocycles. The lowest BCUT2D eigenvalue weighted by Crippen LogP contribution is -2.30. The normalized spacial score (nSPS) is 11.5. The van der Waals surface area contributed by atoms with E-state index in [9.17, 15) is 9.59 Å². The molecular weight excluding hydrogens is 355 g/mol. The highest BCUT2D eigenvalue weighted by Gasteiger charge is 2.20. The van der Waals surface area contributed by atoms with E-state index in [1.54, 1.807) is 18.2 Å². The summed E-state index contributed by atoms with van der Waals surface area (Å²) in [4.78, 5) is 28.1. The molecule has 126 valence electrons. The summed E-state index contributed by atoms with van der Waals surface area (Å²) in [5.74, 6) is -0.566. The lowest BCUT2D eigenvalue weighted by molar-refractivity contribution is -0.123. The second kappa shape index (κ2) is 7.99. The van der Waals surface area contributed by atoms with Gasteiger partial charge in [0.05, 0.1) is 22.7 Å². The van der Waals surface area contributed by atoms with Crippen LogP contribution in [0, 0.1) is 0 Å². The molecule has 1 atom stereocenters. The maximum Gasteiger partial charge on any atom is 0.339 e. The number of methoxy groups -OCH3 is 1. The average Bonchev–Trinajstić information content (AvgIpc) is 2.57. The molecule has 0 unspecified atom stereocenters. The Morgan fingerprint density at radius 2 is 2.00 bits per heavy atom. The molecule has 0 spiro atoms. The molecule has 0 aliphatic carbocycles. The molecule has 24 heavy (non-hydrogen) atoms. The van der Waals surface area contributed by atoms with Crippen molar-refractivity contribution in [3.8, 4) is 5.75 Å². The van der Waals surface area contributed by atoms with E-state index in [4.69, 9.17) is 32.7 Å². The number of nitrogens with one attached hydrogen (secondary N) is 1. The Balaban J connectivity index is 2.01. The first-order chi connectivity index (χ1) is 11.4. The Bertz CT molecular complexity index is 767. The number of benzene rings is 1. The van der Waals surface area contributed by atoms with Crippen molar-refractivity contribution in [2.75, 3.05) is 12.4 Å². The fraction of sp³-hybridized carbons (Fsp3) is 0.188. The fourth-order valence-electron chi connectivity index (χ4n) is 1.76. The first kappa shape index (κ1) is 18.0. The van der Waals surface area contributed by atoms with E-state index in [1.165, 1.54) is 32.4 Å². The van der Waals surface area contributed by atoms with Gasteiger partial charge in [-0.15, -0.1) is 0 Å². The Morgan fingerprint density at radius 1 is 1.25 bits per heavy atom. The topological polar surface area (TPSA) is 77.5 Å². The first-order valence-corrected chi connectivity index (χ1v) is 7.63. The van der Waals surface area contributed by atoms with Crippen molar-refractivity contribution in [1.29, 1.82) is 0 Å². The van der Waals surface area contributed by atoms with E-state index in [0.717, 1.165) is 0 Å². The summed E-state index contributed by atoms with van der Waals surface area (Å²) < 4.78 is 10.2. The van der Waals surface area contributed by atoms with Crippen molar-refractivity contribution in [1.82, 2.24) is 4.98 Å². The number of carbonyl (C=O) groups is 2. The zero-order valence-electron chi connectivity index (χ0n) is 12.9. The molecule has 0 aliphatic rings. The van der Waals surface area contributed by atoms with Crippen LogP contribution in [0.4, 0.5) is 5.82 Å². The number of amides is 1. The lowest BCUT2D eigenvalue weighted by Gasteiger charge is -2.14. The summed E-state index contributed by atoms with van der Waals surface area (Å²) in [6, 6.07) is 7.87. The van der Waals surface area contributed by atoms with Crippen LogP contribution in [0.1, 0.15) is 17.3 Å². The van der Waals surface area contributed by atoms with Gasteiger partial charge in [-0.1, -0.05) is 29.3 Å². The summed E-state index contributed by atoms with van der Waals surface area (Å²) in [6.07, 6.45) is 0.299. The van der Waals surface area contributed by atoms with E-state index in [0.29, 0.717) is 10.8 Å². The predicted molar refractivity (Wildman–Crippen MR) is 90.8 cm³/mol. The van der Waals surface area contributed by atoms with Gasteiger partial charge in [-0.2, -0.15) is 0 Å². The van der Waals surface area contributed by atoms with E-state index in [2.05, 4.69) is 10.3 Å². The lowest BCUT2D eigenvalue weighted by atomic mass is 10.2. The Labute approximate surface area is 148 Å². The van der Waals surface area contributed by atoms with E-state index in [-0.39, 0.29) is 16.4 Å². The smallest absolute Gasteiger partial charge is 0.339 e. The molecule has 0 fully saturated rings. The van der Waals surface area contributed by atoms with E-state index in [1.807, 2.05) is 0 Å². The molecule has 0 bridgehead atoms. The van der Waals surface area contributed by atoms with Crippen LogP contribution in [0.15, 0.2) is 36.5 Å². The van der Waals surface area contributed by atoms with Crippen LogP contribution in [0.25, 0.3) is 0 Å². The minimum absolute atomic E-state index is 0.135. The molecule has 8 heteroatoms. The van der Waals surface area contributed by atoms with E-state index >= 15 is 0 Å². The number of esters is 1. The summed E-state index contributed by atoms with van der Waals surface area (Å²) in [5, 5.41) is 3.00. The SMILES string of the molecule is COc1cccc(C(=O)O[C@@H](C)C(=O)Nc2ncc(Cl)cc2Cl)c1. The summed E-state index contributed by atoms with van der Waals surface area (Å²) in [7, 11) is 1.49. The highest BCUT2D eigenvalue weighted by atomic mass is 35.5. The van der Waals surface area contributed by atoms with Gasteiger partial charge in [-0.05, 0) is 31.2 Å². The number of aromatic nitrogens is 1. The number of hydrogen-bond acceptors (Lipinski definition) is 5. The highest BCUT2D eigenvalue weighted by Crippen LogP contribution is 2.22. The zero-order valence-corrected chi connectivity index (χ0v) is 14.4. The number of halogens is 2. The number of pyridine rings is 1. The van der Waals surface area contributed by atoms with Gasteiger partial charge in [0, 0.05) is 6.20 Å². The van der Waals surface area contributed by atoms with Crippen molar-refractivity contribution >= 4 is 40.9 Å². The summed E-state index contributed by atoms with van der Waals surface area (Å²) in [5.41, 5.74) is 0.275. The van der Waals surface area contributed by atoms with Gasteiger partial charge < -0.3 is 14.8 Å². The number of ether oxygens (including phenoxy) is 2. The van der Waals surface area contributed by atoms with Gasteiger partial charge in [-0.25, -0.2) is 9.78 Å². The van der Waals surface area contributed by atoms with Crippen molar-refractivity contribution in [2.24, 2.45) is 0 Å². The maximum absolute atomic E-state index is 12.1. The first-order valence-electron chi connectivity index (χ1n) is 6.87. The predicted octanol–water partition coefficient (Wildman–Crippen LogP) is 3.58. The molecule has 2 aromatic rings. The molecule has 1 amide bonds. The van der Waals surface area contributed by atoms with Gasteiger partial charge in [0.25, 0.3) is 5.91 Å². The third kappa shape index (κ3) is 4.59. The second-order valence-electron chi connectivity index (χ2n) is 4.75. The van der Waals surface area contributed by atoms with Crippen molar-refractivity contribution in [3.63, 3.8) is 0 Å². The number of carbonyl (C=O) groups excluding carboxylic acids is 2. The number of hydrogen-bond donors (Lipinski definition) is 1. The molecule has 0 saturated heterocycles. The van der Waals surface area contributed by atoms with Crippen LogP contribution in [0.2, 0.25) is 10.0 Å². The van der Waals surface area contributed by atoms with Gasteiger partial charge in [0.2, 0.25) is 0 Å². The molecule has 6 nitrogen and oxygen atoms in total. The summed E-state index contributed by atoms with van der Waals surface area (Å²) >= 11 is 11.7. The average molecular weight is 369 g/mol. The molecule has 1 aromatic heterocycles. The molecular formula is C16H14Cl2N2O4. The molecule has 0 saturated carbocycles.